The third-order valence-corrected chi connectivity index (χ3v) is 3.02. The van der Waals surface area contributed by atoms with E-state index in [1.165, 1.54) is 0 Å². The predicted molar refractivity (Wildman–Crippen MR) is 62.9 cm³/mol. The summed E-state index contributed by atoms with van der Waals surface area (Å²) in [6.45, 7) is 2.15. The van der Waals surface area contributed by atoms with Gasteiger partial charge in [-0.1, -0.05) is 0 Å². The maximum absolute atomic E-state index is 5.04. The fourth-order valence-electron chi connectivity index (χ4n) is 1.95. The number of rotatable bonds is 3. The van der Waals surface area contributed by atoms with E-state index < -0.39 is 0 Å². The van der Waals surface area contributed by atoms with Crippen molar-refractivity contribution in [3.63, 3.8) is 0 Å². The number of hydrogen-bond donors (Lipinski definition) is 1. The van der Waals surface area contributed by atoms with Crippen molar-refractivity contribution in [2.24, 2.45) is 0 Å². The molecule has 0 bridgehead atoms. The molecule has 0 unspecified atom stereocenters. The van der Waals surface area contributed by atoms with Crippen LogP contribution in [0.25, 0.3) is 0 Å². The minimum absolute atomic E-state index is 0.537. The van der Waals surface area contributed by atoms with Crippen LogP contribution in [0.1, 0.15) is 12.8 Å². The molecule has 2 heterocycles. The first-order chi connectivity index (χ1) is 7.81. The minimum Gasteiger partial charge on any atom is -0.494 e. The quantitative estimate of drug-likeness (QED) is 0.814. The van der Waals surface area contributed by atoms with Crippen molar-refractivity contribution in [3.8, 4) is 5.75 Å². The standard InChI is InChI=1S/C11H18N4O/c1-15(9-3-5-12-6-4-9)11-13-7-10(16-2)8-14-11/h7-9,12H,3-6H2,1-2H3. The summed E-state index contributed by atoms with van der Waals surface area (Å²) in [6.07, 6.45) is 5.71. The molecule has 1 aliphatic heterocycles. The zero-order valence-electron chi connectivity index (χ0n) is 9.81. The van der Waals surface area contributed by atoms with Crippen LogP contribution in [0.5, 0.6) is 5.75 Å². The Kier molecular flexibility index (Phi) is 3.56. The summed E-state index contributed by atoms with van der Waals surface area (Å²) < 4.78 is 5.04. The lowest BCUT2D eigenvalue weighted by molar-refractivity contribution is 0.409. The van der Waals surface area contributed by atoms with Gasteiger partial charge in [-0.05, 0) is 25.9 Å². The summed E-state index contributed by atoms with van der Waals surface area (Å²) in [7, 11) is 3.67. The van der Waals surface area contributed by atoms with Crippen LogP contribution >= 0.6 is 0 Å². The van der Waals surface area contributed by atoms with Crippen LogP contribution in [0.15, 0.2) is 12.4 Å². The van der Waals surface area contributed by atoms with E-state index in [0.29, 0.717) is 11.8 Å². The Labute approximate surface area is 95.8 Å². The molecule has 0 aliphatic carbocycles. The van der Waals surface area contributed by atoms with Crippen LogP contribution in [0, 0.1) is 0 Å². The van der Waals surface area contributed by atoms with Gasteiger partial charge >= 0.3 is 0 Å². The van der Waals surface area contributed by atoms with Crippen molar-refractivity contribution < 1.29 is 4.74 Å². The van der Waals surface area contributed by atoms with Gasteiger partial charge in [0.1, 0.15) is 0 Å². The Hall–Kier alpha value is -1.36. The Morgan fingerprint density at radius 3 is 2.50 bits per heavy atom. The molecular formula is C11H18N4O. The number of aromatic nitrogens is 2. The summed E-state index contributed by atoms with van der Waals surface area (Å²) in [5.74, 6) is 1.47. The third kappa shape index (κ3) is 2.41. The second-order valence-electron chi connectivity index (χ2n) is 4.01. The van der Waals surface area contributed by atoms with E-state index in [2.05, 4.69) is 27.2 Å². The van der Waals surface area contributed by atoms with Crippen molar-refractivity contribution >= 4 is 5.95 Å². The van der Waals surface area contributed by atoms with Gasteiger partial charge in [0.2, 0.25) is 5.95 Å². The fraction of sp³-hybridized carbons (Fsp3) is 0.636. The van der Waals surface area contributed by atoms with Crippen LogP contribution in [0.4, 0.5) is 5.95 Å². The van der Waals surface area contributed by atoms with Gasteiger partial charge in [0, 0.05) is 13.1 Å². The van der Waals surface area contributed by atoms with E-state index in [1.807, 2.05) is 0 Å². The highest BCUT2D eigenvalue weighted by Crippen LogP contribution is 2.17. The van der Waals surface area contributed by atoms with Gasteiger partial charge in [-0.2, -0.15) is 0 Å². The van der Waals surface area contributed by atoms with E-state index in [1.54, 1.807) is 19.5 Å². The summed E-state index contributed by atoms with van der Waals surface area (Å²) in [4.78, 5) is 10.7. The van der Waals surface area contributed by atoms with Gasteiger partial charge in [0.05, 0.1) is 19.5 Å². The smallest absolute Gasteiger partial charge is 0.225 e. The molecule has 1 fully saturated rings. The van der Waals surface area contributed by atoms with E-state index in [-0.39, 0.29) is 0 Å². The van der Waals surface area contributed by atoms with E-state index >= 15 is 0 Å². The molecule has 0 aromatic carbocycles. The molecule has 1 aromatic rings. The molecule has 0 atom stereocenters. The zero-order valence-corrected chi connectivity index (χ0v) is 9.81. The first-order valence-electron chi connectivity index (χ1n) is 5.61. The number of methoxy groups -OCH3 is 1. The molecule has 0 amide bonds. The zero-order chi connectivity index (χ0) is 11.4. The first kappa shape index (κ1) is 11.1. The topological polar surface area (TPSA) is 50.3 Å². The molecule has 0 radical (unpaired) electrons. The number of hydrogen-bond acceptors (Lipinski definition) is 5. The monoisotopic (exact) mass is 222 g/mol. The van der Waals surface area contributed by atoms with Gasteiger partial charge in [-0.15, -0.1) is 0 Å². The molecule has 1 aliphatic rings. The largest absolute Gasteiger partial charge is 0.494 e. The molecule has 5 nitrogen and oxygen atoms in total. The molecule has 16 heavy (non-hydrogen) atoms. The Balaban J connectivity index is 2.04. The molecule has 5 heteroatoms. The highest BCUT2D eigenvalue weighted by atomic mass is 16.5. The second kappa shape index (κ2) is 5.12. The van der Waals surface area contributed by atoms with Crippen molar-refractivity contribution in [2.75, 3.05) is 32.1 Å². The van der Waals surface area contributed by atoms with Crippen LogP contribution in [0.3, 0.4) is 0 Å². The van der Waals surface area contributed by atoms with Crippen LogP contribution in [-0.2, 0) is 0 Å². The van der Waals surface area contributed by atoms with E-state index in [9.17, 15) is 0 Å². The summed E-state index contributed by atoms with van der Waals surface area (Å²) in [5.41, 5.74) is 0. The predicted octanol–water partition coefficient (Wildman–Crippen LogP) is 0.673. The van der Waals surface area contributed by atoms with E-state index in [4.69, 9.17) is 4.74 Å². The average molecular weight is 222 g/mol. The Bertz CT molecular complexity index is 321. The molecule has 2 rings (SSSR count). The van der Waals surface area contributed by atoms with Gasteiger partial charge in [0.15, 0.2) is 5.75 Å². The van der Waals surface area contributed by atoms with Crippen LogP contribution < -0.4 is 15.0 Å². The van der Waals surface area contributed by atoms with Crippen molar-refractivity contribution in [1.29, 1.82) is 0 Å². The molecule has 1 saturated heterocycles. The number of ether oxygens (including phenoxy) is 1. The molecular weight excluding hydrogens is 204 g/mol. The fourth-order valence-corrected chi connectivity index (χ4v) is 1.95. The van der Waals surface area contributed by atoms with Crippen molar-refractivity contribution in [3.05, 3.63) is 12.4 Å². The first-order valence-corrected chi connectivity index (χ1v) is 5.61. The minimum atomic E-state index is 0.537. The molecule has 1 N–H and O–H groups in total. The lowest BCUT2D eigenvalue weighted by Crippen LogP contribution is -2.41. The molecule has 88 valence electrons. The van der Waals surface area contributed by atoms with Crippen LogP contribution in [0.2, 0.25) is 0 Å². The van der Waals surface area contributed by atoms with Crippen molar-refractivity contribution in [2.45, 2.75) is 18.9 Å². The molecule has 0 spiro atoms. The van der Waals surface area contributed by atoms with E-state index in [0.717, 1.165) is 31.9 Å². The van der Waals surface area contributed by atoms with Gasteiger partial charge < -0.3 is 15.0 Å². The number of nitrogens with zero attached hydrogens (tertiary/aromatic N) is 3. The van der Waals surface area contributed by atoms with Gasteiger partial charge in [-0.3, -0.25) is 0 Å². The normalized spacial score (nSPS) is 17.1. The lowest BCUT2D eigenvalue weighted by atomic mass is 10.1. The lowest BCUT2D eigenvalue weighted by Gasteiger charge is -2.31. The Morgan fingerprint density at radius 2 is 1.94 bits per heavy atom. The highest BCUT2D eigenvalue weighted by molar-refractivity contribution is 5.31. The maximum Gasteiger partial charge on any atom is 0.225 e. The second-order valence-corrected chi connectivity index (χ2v) is 4.01. The summed E-state index contributed by atoms with van der Waals surface area (Å²) >= 11 is 0. The number of piperidine rings is 1. The summed E-state index contributed by atoms with van der Waals surface area (Å²) in [6, 6.07) is 0.537. The molecule has 0 saturated carbocycles. The van der Waals surface area contributed by atoms with Crippen LogP contribution in [-0.4, -0.2) is 43.3 Å². The van der Waals surface area contributed by atoms with Crippen molar-refractivity contribution in [1.82, 2.24) is 15.3 Å². The number of anilines is 1. The third-order valence-electron chi connectivity index (χ3n) is 3.02. The number of nitrogens with one attached hydrogen (secondary N) is 1. The van der Waals surface area contributed by atoms with Gasteiger partial charge in [-0.25, -0.2) is 9.97 Å². The SMILES string of the molecule is COc1cnc(N(C)C2CCNCC2)nc1. The molecule has 1 aromatic heterocycles. The summed E-state index contributed by atoms with van der Waals surface area (Å²) in [5, 5.41) is 3.35. The average Bonchev–Trinajstić information content (AvgIpc) is 2.39. The maximum atomic E-state index is 5.04. The highest BCUT2D eigenvalue weighted by Gasteiger charge is 2.19. The Morgan fingerprint density at radius 1 is 1.31 bits per heavy atom. The van der Waals surface area contributed by atoms with Gasteiger partial charge in [0.25, 0.3) is 0 Å².